The number of imide groups is 1. The highest BCUT2D eigenvalue weighted by Crippen LogP contribution is 2.34. The SMILES string of the molecule is CCCCCCC1(C)NC(=O)N(CC(=O)Nc2ccc3c(c2)OCO3)C1=O. The van der Waals surface area contributed by atoms with Gasteiger partial charge >= 0.3 is 6.03 Å². The number of benzene rings is 1. The number of carbonyl (C=O) groups excluding carboxylic acids is 3. The molecular formula is C19H25N3O5. The van der Waals surface area contributed by atoms with Gasteiger partial charge in [0.25, 0.3) is 5.91 Å². The minimum absolute atomic E-state index is 0.145. The molecule has 146 valence electrons. The fourth-order valence-electron chi connectivity index (χ4n) is 3.28. The third kappa shape index (κ3) is 4.15. The number of hydrogen-bond acceptors (Lipinski definition) is 5. The molecule has 1 unspecified atom stereocenters. The standard InChI is InChI=1S/C19H25N3O5/c1-3-4-5-6-9-19(2)17(24)22(18(25)21-19)11-16(23)20-13-7-8-14-15(10-13)27-12-26-14/h7-8,10H,3-6,9,11-12H2,1-2H3,(H,20,23)(H,21,25). The summed E-state index contributed by atoms with van der Waals surface area (Å²) in [6.07, 6.45) is 4.63. The topological polar surface area (TPSA) is 97.0 Å². The van der Waals surface area contributed by atoms with E-state index in [1.54, 1.807) is 25.1 Å². The monoisotopic (exact) mass is 375 g/mol. The van der Waals surface area contributed by atoms with E-state index >= 15 is 0 Å². The maximum absolute atomic E-state index is 12.7. The number of amides is 4. The fraction of sp³-hybridized carbons (Fsp3) is 0.526. The lowest BCUT2D eigenvalue weighted by Crippen LogP contribution is -2.44. The van der Waals surface area contributed by atoms with Gasteiger partial charge in [-0.3, -0.25) is 14.5 Å². The summed E-state index contributed by atoms with van der Waals surface area (Å²) in [6.45, 7) is 3.65. The van der Waals surface area contributed by atoms with E-state index in [1.807, 2.05) is 0 Å². The molecule has 8 heteroatoms. The first-order valence-corrected chi connectivity index (χ1v) is 9.26. The molecule has 2 aliphatic rings. The molecule has 0 bridgehead atoms. The Kier molecular flexibility index (Phi) is 5.53. The third-order valence-electron chi connectivity index (χ3n) is 4.83. The number of carbonyl (C=O) groups is 3. The minimum Gasteiger partial charge on any atom is -0.454 e. The predicted octanol–water partition coefficient (Wildman–Crippen LogP) is 2.63. The third-order valence-corrected chi connectivity index (χ3v) is 4.83. The number of fused-ring (bicyclic) bond motifs is 1. The highest BCUT2D eigenvalue weighted by molar-refractivity contribution is 6.09. The van der Waals surface area contributed by atoms with Gasteiger partial charge < -0.3 is 20.1 Å². The van der Waals surface area contributed by atoms with Crippen molar-refractivity contribution in [3.05, 3.63) is 18.2 Å². The molecule has 2 N–H and O–H groups in total. The van der Waals surface area contributed by atoms with Crippen LogP contribution in [-0.4, -0.2) is 41.6 Å². The second-order valence-electron chi connectivity index (χ2n) is 7.08. The van der Waals surface area contributed by atoms with E-state index in [1.165, 1.54) is 0 Å². The van der Waals surface area contributed by atoms with Gasteiger partial charge in [-0.2, -0.15) is 0 Å². The van der Waals surface area contributed by atoms with E-state index in [4.69, 9.17) is 9.47 Å². The Bertz CT molecular complexity index is 751. The van der Waals surface area contributed by atoms with Crippen molar-refractivity contribution >= 4 is 23.5 Å². The highest BCUT2D eigenvalue weighted by Gasteiger charge is 2.47. The van der Waals surface area contributed by atoms with E-state index < -0.39 is 17.5 Å². The molecular weight excluding hydrogens is 350 g/mol. The summed E-state index contributed by atoms with van der Waals surface area (Å²) in [5, 5.41) is 5.41. The first-order chi connectivity index (χ1) is 12.9. The van der Waals surface area contributed by atoms with Crippen LogP contribution in [0.4, 0.5) is 10.5 Å². The molecule has 2 aliphatic heterocycles. The van der Waals surface area contributed by atoms with Crippen molar-refractivity contribution < 1.29 is 23.9 Å². The Morgan fingerprint density at radius 2 is 2.00 bits per heavy atom. The van der Waals surface area contributed by atoms with Crippen LogP contribution in [0, 0.1) is 0 Å². The van der Waals surface area contributed by atoms with Crippen molar-refractivity contribution in [2.75, 3.05) is 18.7 Å². The van der Waals surface area contributed by atoms with Crippen LogP contribution in [0.1, 0.15) is 46.0 Å². The van der Waals surface area contributed by atoms with Crippen LogP contribution in [0.15, 0.2) is 18.2 Å². The molecule has 0 spiro atoms. The summed E-state index contributed by atoms with van der Waals surface area (Å²) in [6, 6.07) is 4.48. The second kappa shape index (κ2) is 7.85. The van der Waals surface area contributed by atoms with Gasteiger partial charge in [0, 0.05) is 11.8 Å². The van der Waals surface area contributed by atoms with Crippen molar-refractivity contribution in [3.63, 3.8) is 0 Å². The number of hydrogen-bond donors (Lipinski definition) is 2. The summed E-state index contributed by atoms with van der Waals surface area (Å²) in [4.78, 5) is 38.2. The molecule has 4 amide bonds. The molecule has 0 aliphatic carbocycles. The predicted molar refractivity (Wildman–Crippen MR) is 98.6 cm³/mol. The number of ether oxygens (including phenoxy) is 2. The largest absolute Gasteiger partial charge is 0.454 e. The summed E-state index contributed by atoms with van der Waals surface area (Å²) in [7, 11) is 0. The van der Waals surface area contributed by atoms with Gasteiger partial charge in [0.15, 0.2) is 11.5 Å². The molecule has 1 saturated heterocycles. The Balaban J connectivity index is 1.57. The van der Waals surface area contributed by atoms with Crippen LogP contribution in [0.25, 0.3) is 0 Å². The van der Waals surface area contributed by atoms with Crippen molar-refractivity contribution in [1.82, 2.24) is 10.2 Å². The Morgan fingerprint density at radius 3 is 2.78 bits per heavy atom. The van der Waals surface area contributed by atoms with Crippen LogP contribution >= 0.6 is 0 Å². The lowest BCUT2D eigenvalue weighted by atomic mass is 9.94. The minimum atomic E-state index is -0.941. The van der Waals surface area contributed by atoms with E-state index in [0.29, 0.717) is 23.6 Å². The molecule has 8 nitrogen and oxygen atoms in total. The van der Waals surface area contributed by atoms with Gasteiger partial charge in [-0.15, -0.1) is 0 Å². The van der Waals surface area contributed by atoms with E-state index in [9.17, 15) is 14.4 Å². The van der Waals surface area contributed by atoms with Crippen LogP contribution in [0.2, 0.25) is 0 Å². The van der Waals surface area contributed by atoms with Crippen LogP contribution in [-0.2, 0) is 9.59 Å². The molecule has 1 fully saturated rings. The first-order valence-electron chi connectivity index (χ1n) is 9.26. The van der Waals surface area contributed by atoms with Gasteiger partial charge in [-0.05, 0) is 25.5 Å². The molecule has 1 atom stereocenters. The summed E-state index contributed by atoms with van der Waals surface area (Å²) >= 11 is 0. The summed E-state index contributed by atoms with van der Waals surface area (Å²) in [5.41, 5.74) is -0.428. The fourth-order valence-corrected chi connectivity index (χ4v) is 3.28. The zero-order valence-corrected chi connectivity index (χ0v) is 15.7. The second-order valence-corrected chi connectivity index (χ2v) is 7.08. The zero-order chi connectivity index (χ0) is 19.4. The maximum Gasteiger partial charge on any atom is 0.325 e. The average Bonchev–Trinajstić information content (AvgIpc) is 3.17. The number of unbranched alkanes of at least 4 members (excludes halogenated alkanes) is 3. The Hall–Kier alpha value is -2.77. The van der Waals surface area contributed by atoms with E-state index in [0.717, 1.165) is 30.6 Å². The van der Waals surface area contributed by atoms with Crippen molar-refractivity contribution in [2.45, 2.75) is 51.5 Å². The van der Waals surface area contributed by atoms with Crippen molar-refractivity contribution in [1.29, 1.82) is 0 Å². The lowest BCUT2D eigenvalue weighted by Gasteiger charge is -2.21. The summed E-state index contributed by atoms with van der Waals surface area (Å²) < 4.78 is 10.5. The Labute approximate surface area is 158 Å². The van der Waals surface area contributed by atoms with Gasteiger partial charge in [0.05, 0.1) is 0 Å². The summed E-state index contributed by atoms with van der Waals surface area (Å²) in [5.74, 6) is 0.348. The molecule has 2 heterocycles. The van der Waals surface area contributed by atoms with Crippen molar-refractivity contribution in [2.24, 2.45) is 0 Å². The van der Waals surface area contributed by atoms with Gasteiger partial charge in [0.2, 0.25) is 12.7 Å². The average molecular weight is 375 g/mol. The van der Waals surface area contributed by atoms with Crippen LogP contribution < -0.4 is 20.1 Å². The molecule has 0 aromatic heterocycles. The highest BCUT2D eigenvalue weighted by atomic mass is 16.7. The number of anilines is 1. The van der Waals surface area contributed by atoms with Crippen LogP contribution in [0.3, 0.4) is 0 Å². The van der Waals surface area contributed by atoms with Crippen molar-refractivity contribution in [3.8, 4) is 11.5 Å². The zero-order valence-electron chi connectivity index (χ0n) is 15.7. The number of rotatable bonds is 8. The molecule has 3 rings (SSSR count). The molecule has 1 aromatic carbocycles. The van der Waals surface area contributed by atoms with Gasteiger partial charge in [0.1, 0.15) is 12.1 Å². The molecule has 1 aromatic rings. The molecule has 27 heavy (non-hydrogen) atoms. The number of urea groups is 1. The van der Waals surface area contributed by atoms with Gasteiger partial charge in [-0.1, -0.05) is 32.6 Å². The number of nitrogens with zero attached hydrogens (tertiary/aromatic N) is 1. The normalized spacial score (nSPS) is 20.7. The van der Waals surface area contributed by atoms with E-state index in [-0.39, 0.29) is 19.2 Å². The first kappa shape index (κ1) is 19.0. The van der Waals surface area contributed by atoms with E-state index in [2.05, 4.69) is 17.6 Å². The Morgan fingerprint density at radius 1 is 1.22 bits per heavy atom. The lowest BCUT2D eigenvalue weighted by molar-refractivity contribution is -0.133. The smallest absolute Gasteiger partial charge is 0.325 e. The molecule has 0 saturated carbocycles. The molecule has 0 radical (unpaired) electrons. The quantitative estimate of drug-likeness (QED) is 0.538. The van der Waals surface area contributed by atoms with Gasteiger partial charge in [-0.25, -0.2) is 4.79 Å². The number of nitrogens with one attached hydrogen (secondary N) is 2. The van der Waals surface area contributed by atoms with Crippen LogP contribution in [0.5, 0.6) is 11.5 Å². The maximum atomic E-state index is 12.7.